The maximum Gasteiger partial charge on any atom is 0.407 e. The maximum absolute atomic E-state index is 14.4. The van der Waals surface area contributed by atoms with Gasteiger partial charge < -0.3 is 20.0 Å². The molecule has 6 nitrogen and oxygen atoms in total. The van der Waals surface area contributed by atoms with Gasteiger partial charge in [0, 0.05) is 13.1 Å². The minimum Gasteiger partial charge on any atom is -0.465 e. The van der Waals surface area contributed by atoms with Crippen LogP contribution >= 0.6 is 0 Å². The second-order valence-electron chi connectivity index (χ2n) is 15.1. The zero-order valence-corrected chi connectivity index (χ0v) is 34.5. The van der Waals surface area contributed by atoms with Crippen molar-refractivity contribution >= 4 is 12.2 Å². The summed E-state index contributed by atoms with van der Waals surface area (Å²) in [5.74, 6) is -159. The van der Waals surface area contributed by atoms with E-state index in [0.717, 1.165) is 0 Å². The summed E-state index contributed by atoms with van der Waals surface area (Å²) in [6.07, 6.45) is -24.3. The summed E-state index contributed by atoms with van der Waals surface area (Å²) >= 11 is 0. The van der Waals surface area contributed by atoms with Crippen LogP contribution in [0, 0.1) is 0 Å². The van der Waals surface area contributed by atoms with E-state index in [2.05, 4.69) is 0 Å². The molecular weight excluding hydrogens is 1210 g/mol. The Morgan fingerprint density at radius 1 is 0.276 bits per heavy atom. The zero-order chi connectivity index (χ0) is 62.1. The van der Waals surface area contributed by atoms with Crippen molar-refractivity contribution in [3.63, 3.8) is 0 Å². The van der Waals surface area contributed by atoms with Crippen molar-refractivity contribution in [3.8, 4) is 0 Å². The fourth-order valence-electron chi connectivity index (χ4n) is 5.25. The van der Waals surface area contributed by atoms with Gasteiger partial charge in [0.2, 0.25) is 0 Å². The van der Waals surface area contributed by atoms with Gasteiger partial charge in [-0.2, -0.15) is 158 Å². The predicted molar refractivity (Wildman–Crippen MR) is 159 cm³/mol. The number of amides is 2. The van der Waals surface area contributed by atoms with Crippen LogP contribution in [-0.4, -0.2) is 178 Å². The van der Waals surface area contributed by atoms with E-state index >= 15 is 0 Å². The summed E-state index contributed by atoms with van der Waals surface area (Å²) in [5, 5.41) is 17.8. The molecule has 0 atom stereocenters. The van der Waals surface area contributed by atoms with Gasteiger partial charge in [-0.15, -0.1) is 0 Å². The Morgan fingerprint density at radius 2 is 0.434 bits per heavy atom. The third kappa shape index (κ3) is 10.3. The molecule has 0 aliphatic heterocycles. The highest BCUT2D eigenvalue weighted by Gasteiger charge is 2.99. The van der Waals surface area contributed by atoms with Gasteiger partial charge in [0.15, 0.2) is 0 Å². The number of alkyl halides is 40. The molecule has 2 amide bonds. The van der Waals surface area contributed by atoms with Crippen LogP contribution in [0.4, 0.5) is 185 Å². The minimum absolute atomic E-state index is 1.19. The van der Waals surface area contributed by atoms with Gasteiger partial charge in [-0.1, -0.05) is 12.8 Å². The SMILES string of the molecule is O=C(O)N(CCCCCCN(CC(F)(F)C(F)(F)C(F)(F)C(F)(F)C(F)(F)C(F)(F)C(F)(F)C(F)(F)C(F)(F)C(F)F)C(=O)O)CC(F)(F)C(F)(F)C(F)(F)C(F)(F)C(F)(F)C(F)(F)C(F)(F)C(F)(F)C(F)(F)C(F)F. The van der Waals surface area contributed by atoms with Gasteiger partial charge >= 0.3 is 132 Å². The summed E-state index contributed by atoms with van der Waals surface area (Å²) in [7, 11) is 0. The third-order valence-electron chi connectivity index (χ3n) is 9.96. The van der Waals surface area contributed by atoms with E-state index in [1.807, 2.05) is 0 Å². The Labute approximate surface area is 389 Å². The maximum atomic E-state index is 14.4. The standard InChI is InChI=1S/C30H20F40N2O4/c31-9(32)15(39,40)19(47,48)23(55,56)27(63,64)29(67,68)25(59,60)21(51,52)17(43,44)13(35,36)7-71(11(73)74)5-3-1-2-4-6-72(12(75)76)8-14(37,38)18(45,46)22(53,54)26(61,62)30(69,70)28(65,66)24(57,58)20(49,50)16(41,42)10(33)34/h9-10H,1-8H2,(H,73,74)(H,75,76). The molecule has 0 aliphatic carbocycles. The normalized spacial score (nSPS) is 16.0. The molecule has 0 aliphatic rings. The Morgan fingerprint density at radius 3 is 0.592 bits per heavy atom. The summed E-state index contributed by atoms with van der Waals surface area (Å²) in [5.41, 5.74) is 0. The number of hydrogen-bond acceptors (Lipinski definition) is 2. The summed E-state index contributed by atoms with van der Waals surface area (Å²) < 4.78 is 548. The molecular formula is C30H20F40N2O4. The highest BCUT2D eigenvalue weighted by Crippen LogP contribution is 2.68. The van der Waals surface area contributed by atoms with Crippen molar-refractivity contribution in [2.75, 3.05) is 26.2 Å². The van der Waals surface area contributed by atoms with Crippen molar-refractivity contribution in [1.82, 2.24) is 9.80 Å². The first-order valence-corrected chi connectivity index (χ1v) is 18.0. The molecule has 0 unspecified atom stereocenters. The van der Waals surface area contributed by atoms with Crippen molar-refractivity contribution in [3.05, 3.63) is 0 Å². The third-order valence-corrected chi connectivity index (χ3v) is 9.96. The summed E-state index contributed by atoms with van der Waals surface area (Å²) in [6.45, 7) is -11.7. The molecule has 2 N–H and O–H groups in total. The molecule has 0 rings (SSSR count). The molecule has 0 heterocycles. The van der Waals surface area contributed by atoms with Gasteiger partial charge in [-0.05, 0) is 12.8 Å². The van der Waals surface area contributed by atoms with E-state index in [-0.39, 0.29) is 0 Å². The number of rotatable bonds is 29. The van der Waals surface area contributed by atoms with Gasteiger partial charge in [0.25, 0.3) is 0 Å². The number of halogens is 40. The second-order valence-corrected chi connectivity index (χ2v) is 15.1. The lowest BCUT2D eigenvalue weighted by Crippen LogP contribution is -2.76. The lowest BCUT2D eigenvalue weighted by Gasteiger charge is -2.44. The average molecular weight is 1230 g/mol. The van der Waals surface area contributed by atoms with E-state index < -0.39 is 193 Å². The average Bonchev–Trinajstić information content (AvgIpc) is 3.22. The van der Waals surface area contributed by atoms with Gasteiger partial charge in [-0.25, -0.2) is 27.2 Å². The monoisotopic (exact) mass is 1230 g/mol. The van der Waals surface area contributed by atoms with Crippen molar-refractivity contribution in [1.29, 1.82) is 0 Å². The molecule has 0 spiro atoms. The van der Waals surface area contributed by atoms with E-state index in [1.54, 1.807) is 0 Å². The lowest BCUT2D eigenvalue weighted by molar-refractivity contribution is -0.465. The van der Waals surface area contributed by atoms with Crippen molar-refractivity contribution in [2.45, 2.75) is 145 Å². The minimum atomic E-state index is -9.45. The first-order valence-electron chi connectivity index (χ1n) is 18.0. The molecule has 76 heavy (non-hydrogen) atoms. The van der Waals surface area contributed by atoms with Crippen LogP contribution in [0.15, 0.2) is 0 Å². The number of nitrogens with zero attached hydrogens (tertiary/aromatic N) is 2. The van der Waals surface area contributed by atoms with Crippen LogP contribution in [-0.2, 0) is 0 Å². The highest BCUT2D eigenvalue weighted by atomic mass is 19.4. The Bertz CT molecular complexity index is 1880. The fourth-order valence-corrected chi connectivity index (χ4v) is 5.25. The van der Waals surface area contributed by atoms with Crippen LogP contribution < -0.4 is 0 Å². The van der Waals surface area contributed by atoms with E-state index in [9.17, 15) is 185 Å². The predicted octanol–water partition coefficient (Wildman–Crippen LogP) is 14.5. The first kappa shape index (κ1) is 71.7. The highest BCUT2D eigenvalue weighted by molar-refractivity contribution is 5.65. The zero-order valence-electron chi connectivity index (χ0n) is 34.5. The van der Waals surface area contributed by atoms with Gasteiger partial charge in [0.1, 0.15) is 0 Å². The van der Waals surface area contributed by atoms with Crippen LogP contribution in [0.3, 0.4) is 0 Å². The Hall–Kier alpha value is -4.26. The van der Waals surface area contributed by atoms with Crippen LogP contribution in [0.1, 0.15) is 25.7 Å². The molecule has 0 saturated heterocycles. The first-order chi connectivity index (χ1) is 32.7. The molecule has 0 aromatic carbocycles. The molecule has 0 radical (unpaired) electrons. The topological polar surface area (TPSA) is 81.1 Å². The van der Waals surface area contributed by atoms with Crippen LogP contribution in [0.25, 0.3) is 0 Å². The number of carbonyl (C=O) groups is 2. The second kappa shape index (κ2) is 20.4. The largest absolute Gasteiger partial charge is 0.465 e. The fraction of sp³-hybridized carbons (Fsp3) is 0.933. The number of hydrogen-bond donors (Lipinski definition) is 2. The Balaban J connectivity index is 6.50. The van der Waals surface area contributed by atoms with E-state index in [4.69, 9.17) is 10.2 Å². The molecule has 0 aromatic rings. The summed E-state index contributed by atoms with van der Waals surface area (Å²) in [6, 6.07) is 0. The van der Waals surface area contributed by atoms with Gasteiger partial charge in [0.05, 0.1) is 13.1 Å². The molecule has 0 aromatic heterocycles. The molecule has 454 valence electrons. The van der Waals surface area contributed by atoms with Crippen molar-refractivity contribution < 1.29 is 195 Å². The lowest BCUT2D eigenvalue weighted by atomic mass is 9.86. The number of carboxylic acid groups (broad SMARTS) is 2. The summed E-state index contributed by atoms with van der Waals surface area (Å²) in [4.78, 5) is 19.7. The van der Waals surface area contributed by atoms with Crippen molar-refractivity contribution in [2.24, 2.45) is 0 Å². The van der Waals surface area contributed by atoms with Crippen LogP contribution in [0.5, 0.6) is 0 Å². The van der Waals surface area contributed by atoms with E-state index in [1.165, 1.54) is 0 Å². The van der Waals surface area contributed by atoms with Gasteiger partial charge in [-0.3, -0.25) is 0 Å². The van der Waals surface area contributed by atoms with E-state index in [0.29, 0.717) is 0 Å². The molecule has 0 fully saturated rings. The molecule has 46 heteroatoms. The smallest absolute Gasteiger partial charge is 0.407 e. The molecule has 0 saturated carbocycles. The Kier molecular flexibility index (Phi) is 19.3. The van der Waals surface area contributed by atoms with Crippen LogP contribution in [0.2, 0.25) is 0 Å². The quantitative estimate of drug-likeness (QED) is 0.0578. The molecule has 0 bridgehead atoms. The number of unbranched alkanes of at least 4 members (excludes halogenated alkanes) is 3.